The van der Waals surface area contributed by atoms with Crippen molar-refractivity contribution in [1.29, 1.82) is 0 Å². The Labute approximate surface area is 89.4 Å². The van der Waals surface area contributed by atoms with E-state index in [-0.39, 0.29) is 12.0 Å². The number of hydrogen-bond acceptors (Lipinski definition) is 3. The van der Waals surface area contributed by atoms with Gasteiger partial charge in [0.1, 0.15) is 0 Å². The van der Waals surface area contributed by atoms with Crippen molar-refractivity contribution in [2.24, 2.45) is 0 Å². The molecular formula is C12H15NO2. The molecule has 0 aromatic heterocycles. The van der Waals surface area contributed by atoms with Crippen LogP contribution in [0.4, 0.5) is 0 Å². The zero-order chi connectivity index (χ0) is 10.7. The molecule has 0 spiro atoms. The highest BCUT2D eigenvalue weighted by Gasteiger charge is 2.21. The summed E-state index contributed by atoms with van der Waals surface area (Å²) in [5.41, 5.74) is 2.57. The molecule has 0 aliphatic carbocycles. The summed E-state index contributed by atoms with van der Waals surface area (Å²) in [5.74, 6) is -0.163. The number of benzene rings is 1. The van der Waals surface area contributed by atoms with Gasteiger partial charge in [0.05, 0.1) is 13.5 Å². The van der Waals surface area contributed by atoms with Crippen LogP contribution >= 0.6 is 0 Å². The largest absolute Gasteiger partial charge is 0.469 e. The van der Waals surface area contributed by atoms with E-state index in [1.165, 1.54) is 18.2 Å². The number of nitrogens with one attached hydrogen (secondary N) is 1. The molecule has 1 aromatic rings. The second-order valence-electron chi connectivity index (χ2n) is 3.74. The highest BCUT2D eigenvalue weighted by molar-refractivity contribution is 5.70. The average Bonchev–Trinajstić information content (AvgIpc) is 2.29. The summed E-state index contributed by atoms with van der Waals surface area (Å²) in [4.78, 5) is 11.2. The van der Waals surface area contributed by atoms with Gasteiger partial charge in [0, 0.05) is 6.04 Å². The van der Waals surface area contributed by atoms with Crippen LogP contribution in [0.5, 0.6) is 0 Å². The summed E-state index contributed by atoms with van der Waals surface area (Å²) in [6.07, 6.45) is 1.45. The number of fused-ring (bicyclic) bond motifs is 1. The molecule has 0 saturated carbocycles. The van der Waals surface area contributed by atoms with Crippen molar-refractivity contribution in [3.63, 3.8) is 0 Å². The van der Waals surface area contributed by atoms with Gasteiger partial charge in [-0.25, -0.2) is 0 Å². The molecule has 1 N–H and O–H groups in total. The Bertz CT molecular complexity index is 362. The van der Waals surface area contributed by atoms with E-state index < -0.39 is 0 Å². The van der Waals surface area contributed by atoms with E-state index in [1.807, 2.05) is 12.1 Å². The fourth-order valence-corrected chi connectivity index (χ4v) is 2.02. The quantitative estimate of drug-likeness (QED) is 0.742. The summed E-state index contributed by atoms with van der Waals surface area (Å²) >= 11 is 0. The monoisotopic (exact) mass is 205 g/mol. The molecule has 15 heavy (non-hydrogen) atoms. The molecule has 1 aromatic carbocycles. The number of methoxy groups -OCH3 is 1. The molecule has 3 heteroatoms. The number of esters is 1. The van der Waals surface area contributed by atoms with Crippen molar-refractivity contribution in [1.82, 2.24) is 5.32 Å². The first-order valence-electron chi connectivity index (χ1n) is 5.19. The molecular weight excluding hydrogens is 190 g/mol. The number of carbonyl (C=O) groups is 1. The maximum absolute atomic E-state index is 11.2. The number of ether oxygens (including phenoxy) is 1. The van der Waals surface area contributed by atoms with Crippen LogP contribution in [0.15, 0.2) is 24.3 Å². The Morgan fingerprint density at radius 2 is 2.33 bits per heavy atom. The number of carbonyl (C=O) groups excluding carboxylic acids is 1. The van der Waals surface area contributed by atoms with Crippen molar-refractivity contribution in [2.45, 2.75) is 18.9 Å². The highest BCUT2D eigenvalue weighted by atomic mass is 16.5. The smallest absolute Gasteiger partial charge is 0.307 e. The van der Waals surface area contributed by atoms with Gasteiger partial charge in [0.2, 0.25) is 0 Å². The third-order valence-corrected chi connectivity index (χ3v) is 2.81. The van der Waals surface area contributed by atoms with E-state index in [9.17, 15) is 4.79 Å². The lowest BCUT2D eigenvalue weighted by Gasteiger charge is -2.25. The van der Waals surface area contributed by atoms with E-state index in [2.05, 4.69) is 22.2 Å². The average molecular weight is 205 g/mol. The van der Waals surface area contributed by atoms with E-state index in [4.69, 9.17) is 0 Å². The van der Waals surface area contributed by atoms with Gasteiger partial charge in [-0.3, -0.25) is 4.79 Å². The van der Waals surface area contributed by atoms with Crippen molar-refractivity contribution >= 4 is 5.97 Å². The van der Waals surface area contributed by atoms with E-state index >= 15 is 0 Å². The molecule has 0 amide bonds. The van der Waals surface area contributed by atoms with Gasteiger partial charge in [-0.15, -0.1) is 0 Å². The molecule has 0 bridgehead atoms. The van der Waals surface area contributed by atoms with E-state index in [0.29, 0.717) is 6.42 Å². The Balaban J connectivity index is 2.18. The number of rotatable bonds is 2. The molecule has 1 atom stereocenters. The van der Waals surface area contributed by atoms with Crippen LogP contribution in [0.25, 0.3) is 0 Å². The van der Waals surface area contributed by atoms with Gasteiger partial charge in [-0.05, 0) is 24.1 Å². The van der Waals surface area contributed by atoms with Crippen molar-refractivity contribution in [3.8, 4) is 0 Å². The fourth-order valence-electron chi connectivity index (χ4n) is 2.02. The first kappa shape index (κ1) is 10.2. The van der Waals surface area contributed by atoms with Gasteiger partial charge < -0.3 is 10.1 Å². The van der Waals surface area contributed by atoms with Crippen LogP contribution in [0.3, 0.4) is 0 Å². The van der Waals surface area contributed by atoms with Crippen LogP contribution in [-0.2, 0) is 16.0 Å². The van der Waals surface area contributed by atoms with Crippen molar-refractivity contribution in [2.75, 3.05) is 13.7 Å². The normalized spacial score (nSPS) is 19.4. The Hall–Kier alpha value is -1.35. The van der Waals surface area contributed by atoms with Crippen molar-refractivity contribution in [3.05, 3.63) is 35.4 Å². The molecule has 0 unspecified atom stereocenters. The minimum atomic E-state index is -0.163. The Kier molecular flexibility index (Phi) is 3.02. The summed E-state index contributed by atoms with van der Waals surface area (Å²) in [6, 6.07) is 8.37. The molecule has 3 nitrogen and oxygen atoms in total. The van der Waals surface area contributed by atoms with Crippen molar-refractivity contribution < 1.29 is 9.53 Å². The fraction of sp³-hybridized carbons (Fsp3) is 0.417. The summed E-state index contributed by atoms with van der Waals surface area (Å²) in [5, 5.41) is 3.34. The molecule has 0 radical (unpaired) electrons. The molecule has 0 saturated heterocycles. The molecule has 80 valence electrons. The maximum Gasteiger partial charge on any atom is 0.307 e. The SMILES string of the molecule is COC(=O)C[C@@H]1NCCc2ccccc21. The first-order valence-corrected chi connectivity index (χ1v) is 5.19. The summed E-state index contributed by atoms with van der Waals surface area (Å²) in [6.45, 7) is 0.929. The highest BCUT2D eigenvalue weighted by Crippen LogP contribution is 2.25. The molecule has 1 aliphatic heterocycles. The first-order chi connectivity index (χ1) is 7.31. The van der Waals surface area contributed by atoms with Gasteiger partial charge in [0.25, 0.3) is 0 Å². The van der Waals surface area contributed by atoms with Gasteiger partial charge >= 0.3 is 5.97 Å². The van der Waals surface area contributed by atoms with Crippen LogP contribution in [0.1, 0.15) is 23.6 Å². The predicted octanol–water partition coefficient (Wildman–Crippen LogP) is 1.44. The third-order valence-electron chi connectivity index (χ3n) is 2.81. The second-order valence-corrected chi connectivity index (χ2v) is 3.74. The van der Waals surface area contributed by atoms with Crippen LogP contribution in [0, 0.1) is 0 Å². The topological polar surface area (TPSA) is 38.3 Å². The zero-order valence-electron chi connectivity index (χ0n) is 8.82. The van der Waals surface area contributed by atoms with Gasteiger partial charge in [-0.2, -0.15) is 0 Å². The molecule has 1 aliphatic rings. The Morgan fingerprint density at radius 3 is 3.13 bits per heavy atom. The van der Waals surface area contributed by atoms with Crippen LogP contribution < -0.4 is 5.32 Å². The standard InChI is InChI=1S/C12H15NO2/c1-15-12(14)8-11-10-5-3-2-4-9(10)6-7-13-11/h2-5,11,13H,6-8H2,1H3/t11-/m0/s1. The molecule has 1 heterocycles. The van der Waals surface area contributed by atoms with Gasteiger partial charge in [-0.1, -0.05) is 24.3 Å². The van der Waals surface area contributed by atoms with Crippen LogP contribution in [-0.4, -0.2) is 19.6 Å². The van der Waals surface area contributed by atoms with Crippen LogP contribution in [0.2, 0.25) is 0 Å². The maximum atomic E-state index is 11.2. The molecule has 0 fully saturated rings. The Morgan fingerprint density at radius 1 is 1.53 bits per heavy atom. The van der Waals surface area contributed by atoms with E-state index in [1.54, 1.807) is 0 Å². The minimum Gasteiger partial charge on any atom is -0.469 e. The number of hydrogen-bond donors (Lipinski definition) is 1. The lowest BCUT2D eigenvalue weighted by Crippen LogP contribution is -2.31. The summed E-state index contributed by atoms with van der Waals surface area (Å²) < 4.78 is 4.69. The minimum absolute atomic E-state index is 0.113. The lowest BCUT2D eigenvalue weighted by atomic mass is 9.93. The second kappa shape index (κ2) is 4.45. The third kappa shape index (κ3) is 2.18. The zero-order valence-corrected chi connectivity index (χ0v) is 8.82. The lowest BCUT2D eigenvalue weighted by molar-refractivity contribution is -0.141. The summed E-state index contributed by atoms with van der Waals surface area (Å²) in [7, 11) is 1.43. The van der Waals surface area contributed by atoms with E-state index in [0.717, 1.165) is 13.0 Å². The predicted molar refractivity (Wildman–Crippen MR) is 57.5 cm³/mol. The molecule has 2 rings (SSSR count). The van der Waals surface area contributed by atoms with Gasteiger partial charge in [0.15, 0.2) is 0 Å².